The molecule has 74 valence electrons. The summed E-state index contributed by atoms with van der Waals surface area (Å²) in [6.07, 6.45) is 1.17. The van der Waals surface area contributed by atoms with E-state index in [1.165, 1.54) is 0 Å². The lowest BCUT2D eigenvalue weighted by molar-refractivity contribution is 0.0251. The fraction of sp³-hybridized carbons (Fsp3) is 0.625. The Labute approximate surface area is 91.7 Å². The molecule has 0 aliphatic rings. The molecule has 0 aliphatic heterocycles. The van der Waals surface area contributed by atoms with Crippen LogP contribution in [0.5, 0.6) is 0 Å². The fourth-order valence-electron chi connectivity index (χ4n) is 1.13. The molecule has 2 nitrogen and oxygen atoms in total. The van der Waals surface area contributed by atoms with Crippen LogP contribution in [-0.4, -0.2) is 9.48 Å². The minimum absolute atomic E-state index is 0.387. The van der Waals surface area contributed by atoms with Crippen LogP contribution in [0, 0.1) is 0 Å². The van der Waals surface area contributed by atoms with Crippen molar-refractivity contribution in [3.05, 3.63) is 15.1 Å². The van der Waals surface area contributed by atoms with Crippen molar-refractivity contribution in [2.75, 3.05) is 0 Å². The Balaban J connectivity index is 3.12. The van der Waals surface area contributed by atoms with Crippen molar-refractivity contribution in [3.63, 3.8) is 0 Å². The lowest BCUT2D eigenvalue weighted by atomic mass is 9.94. The van der Waals surface area contributed by atoms with Crippen LogP contribution in [0.2, 0.25) is 9.36 Å². The molecular weight excluding hydrogens is 229 g/mol. The van der Waals surface area contributed by atoms with Crippen LogP contribution in [0.1, 0.15) is 32.4 Å². The van der Waals surface area contributed by atoms with Crippen LogP contribution in [-0.2, 0) is 5.60 Å². The summed E-state index contributed by atoms with van der Waals surface area (Å²) in [4.78, 5) is 0. The highest BCUT2D eigenvalue weighted by molar-refractivity contribution is 7.11. The highest BCUT2D eigenvalue weighted by atomic mass is 35.5. The smallest absolute Gasteiger partial charge is 0.132 e. The van der Waals surface area contributed by atoms with Gasteiger partial charge in [0.15, 0.2) is 0 Å². The van der Waals surface area contributed by atoms with Gasteiger partial charge in [0, 0.05) is 0 Å². The van der Waals surface area contributed by atoms with E-state index in [4.69, 9.17) is 23.2 Å². The van der Waals surface area contributed by atoms with Gasteiger partial charge in [-0.05, 0) is 24.4 Å². The minimum atomic E-state index is -0.930. The molecule has 0 aromatic carbocycles. The number of aromatic nitrogens is 1. The SMILES string of the molecule is CCC(O)(CC)c1nsc(Cl)c1Cl. The third-order valence-corrected chi connectivity index (χ3v) is 3.82. The van der Waals surface area contributed by atoms with E-state index in [2.05, 4.69) is 4.37 Å². The molecule has 0 bridgehead atoms. The second kappa shape index (κ2) is 4.13. The van der Waals surface area contributed by atoms with Crippen LogP contribution in [0.3, 0.4) is 0 Å². The van der Waals surface area contributed by atoms with Crippen molar-refractivity contribution in [3.8, 4) is 0 Å². The van der Waals surface area contributed by atoms with E-state index in [0.717, 1.165) is 11.5 Å². The van der Waals surface area contributed by atoms with E-state index in [1.807, 2.05) is 13.8 Å². The van der Waals surface area contributed by atoms with Gasteiger partial charge in [-0.3, -0.25) is 0 Å². The average Bonchev–Trinajstić information content (AvgIpc) is 2.47. The van der Waals surface area contributed by atoms with Crippen molar-refractivity contribution in [2.24, 2.45) is 0 Å². The Kier molecular flexibility index (Phi) is 3.57. The van der Waals surface area contributed by atoms with Gasteiger partial charge in [-0.25, -0.2) is 0 Å². The first-order valence-electron chi connectivity index (χ1n) is 4.08. The van der Waals surface area contributed by atoms with Crippen molar-refractivity contribution < 1.29 is 5.11 Å². The topological polar surface area (TPSA) is 33.1 Å². The maximum atomic E-state index is 10.1. The predicted molar refractivity (Wildman–Crippen MR) is 56.6 cm³/mol. The van der Waals surface area contributed by atoms with E-state index in [-0.39, 0.29) is 0 Å². The number of hydrogen-bond donors (Lipinski definition) is 1. The summed E-state index contributed by atoms with van der Waals surface area (Å²) in [7, 11) is 0. The maximum absolute atomic E-state index is 10.1. The van der Waals surface area contributed by atoms with Crippen LogP contribution < -0.4 is 0 Å². The van der Waals surface area contributed by atoms with Gasteiger partial charge in [-0.2, -0.15) is 4.37 Å². The number of hydrogen-bond acceptors (Lipinski definition) is 3. The standard InChI is InChI=1S/C8H11Cl2NOS/c1-3-8(12,4-2)6-5(9)7(10)13-11-6/h12H,3-4H2,1-2H3. The molecule has 5 heteroatoms. The molecule has 1 heterocycles. The second-order valence-corrected chi connectivity index (χ2v) is 4.61. The summed E-state index contributed by atoms with van der Waals surface area (Å²) < 4.78 is 4.50. The van der Waals surface area contributed by atoms with E-state index >= 15 is 0 Å². The Morgan fingerprint density at radius 2 is 1.92 bits per heavy atom. The second-order valence-electron chi connectivity index (χ2n) is 2.86. The van der Waals surface area contributed by atoms with Gasteiger partial charge in [-0.1, -0.05) is 37.0 Å². The molecular formula is C8H11Cl2NOS. The molecule has 0 fully saturated rings. The van der Waals surface area contributed by atoms with E-state index in [1.54, 1.807) is 0 Å². The molecule has 0 spiro atoms. The molecule has 1 rings (SSSR count). The Hall–Kier alpha value is 0.170. The zero-order valence-electron chi connectivity index (χ0n) is 7.47. The van der Waals surface area contributed by atoms with Crippen LogP contribution in [0.4, 0.5) is 0 Å². The van der Waals surface area contributed by atoms with Gasteiger partial charge in [0.25, 0.3) is 0 Å². The first-order chi connectivity index (χ1) is 6.05. The molecule has 0 unspecified atom stereocenters. The van der Waals surface area contributed by atoms with Crippen molar-refractivity contribution >= 4 is 34.7 Å². The summed E-state index contributed by atoms with van der Waals surface area (Å²) in [6, 6.07) is 0. The molecule has 0 aliphatic carbocycles. The van der Waals surface area contributed by atoms with Crippen molar-refractivity contribution in [1.29, 1.82) is 0 Å². The quantitative estimate of drug-likeness (QED) is 0.877. The molecule has 1 aromatic heterocycles. The Bertz CT molecular complexity index is 296. The van der Waals surface area contributed by atoms with Crippen LogP contribution >= 0.6 is 34.7 Å². The van der Waals surface area contributed by atoms with Gasteiger partial charge >= 0.3 is 0 Å². The number of rotatable bonds is 3. The molecule has 0 saturated carbocycles. The number of halogens is 2. The summed E-state index contributed by atoms with van der Waals surface area (Å²) >= 11 is 12.8. The summed E-state index contributed by atoms with van der Waals surface area (Å²) in [5.74, 6) is 0. The lowest BCUT2D eigenvalue weighted by Crippen LogP contribution is -2.24. The van der Waals surface area contributed by atoms with Gasteiger partial charge < -0.3 is 5.11 Å². The molecule has 0 radical (unpaired) electrons. The molecule has 0 atom stereocenters. The van der Waals surface area contributed by atoms with Gasteiger partial charge in [0.1, 0.15) is 15.6 Å². The fourth-order valence-corrected chi connectivity index (χ4v) is 2.31. The highest BCUT2D eigenvalue weighted by Crippen LogP contribution is 2.38. The average molecular weight is 240 g/mol. The molecule has 13 heavy (non-hydrogen) atoms. The van der Waals surface area contributed by atoms with E-state index in [9.17, 15) is 5.11 Å². The monoisotopic (exact) mass is 239 g/mol. The Morgan fingerprint density at radius 1 is 1.38 bits per heavy atom. The first kappa shape index (κ1) is 11.2. The van der Waals surface area contributed by atoms with E-state index < -0.39 is 5.60 Å². The summed E-state index contributed by atoms with van der Waals surface area (Å²) in [5, 5.41) is 10.5. The third kappa shape index (κ3) is 1.99. The maximum Gasteiger partial charge on any atom is 0.132 e. The lowest BCUT2D eigenvalue weighted by Gasteiger charge is -2.23. The zero-order valence-corrected chi connectivity index (χ0v) is 9.80. The molecule has 1 N–H and O–H groups in total. The molecule has 0 saturated heterocycles. The Morgan fingerprint density at radius 3 is 2.23 bits per heavy atom. The summed E-state index contributed by atoms with van der Waals surface area (Å²) in [5.41, 5.74) is -0.421. The van der Waals surface area contributed by atoms with E-state index in [0.29, 0.717) is 27.9 Å². The van der Waals surface area contributed by atoms with Crippen LogP contribution in [0.15, 0.2) is 0 Å². The zero-order chi connectivity index (χ0) is 10.1. The van der Waals surface area contributed by atoms with Gasteiger partial charge in [0.2, 0.25) is 0 Å². The van der Waals surface area contributed by atoms with Crippen molar-refractivity contribution in [2.45, 2.75) is 32.3 Å². The normalized spacial score (nSPS) is 12.1. The predicted octanol–water partition coefficient (Wildman–Crippen LogP) is 3.46. The summed E-state index contributed by atoms with van der Waals surface area (Å²) in [6.45, 7) is 3.79. The third-order valence-electron chi connectivity index (χ3n) is 2.21. The number of nitrogens with zero attached hydrogens (tertiary/aromatic N) is 1. The largest absolute Gasteiger partial charge is 0.383 e. The van der Waals surface area contributed by atoms with Crippen LogP contribution in [0.25, 0.3) is 0 Å². The molecule has 1 aromatic rings. The minimum Gasteiger partial charge on any atom is -0.383 e. The number of aliphatic hydroxyl groups is 1. The van der Waals surface area contributed by atoms with Gasteiger partial charge in [0.05, 0.1) is 5.02 Å². The molecule has 0 amide bonds. The first-order valence-corrected chi connectivity index (χ1v) is 5.61. The van der Waals surface area contributed by atoms with Gasteiger partial charge in [-0.15, -0.1) is 0 Å². The van der Waals surface area contributed by atoms with Crippen molar-refractivity contribution in [1.82, 2.24) is 4.37 Å². The highest BCUT2D eigenvalue weighted by Gasteiger charge is 2.31.